The first-order valence-corrected chi connectivity index (χ1v) is 6.67. The summed E-state index contributed by atoms with van der Waals surface area (Å²) in [7, 11) is 0. The third-order valence-electron chi connectivity index (χ3n) is 3.76. The molecule has 1 amide bonds. The minimum atomic E-state index is -0.526. The van der Waals surface area contributed by atoms with E-state index in [2.05, 4.69) is 5.10 Å². The Balaban J connectivity index is 1.87. The minimum absolute atomic E-state index is 0.0384. The predicted octanol–water partition coefficient (Wildman–Crippen LogP) is 0.377. The second-order valence-corrected chi connectivity index (χ2v) is 5.23. The molecule has 110 valence electrons. The van der Waals surface area contributed by atoms with Crippen molar-refractivity contribution in [1.82, 2.24) is 14.7 Å². The number of rotatable bonds is 4. The van der Waals surface area contributed by atoms with Gasteiger partial charge in [0.05, 0.1) is 4.92 Å². The van der Waals surface area contributed by atoms with E-state index in [0.29, 0.717) is 19.0 Å². The highest BCUT2D eigenvalue weighted by Gasteiger charge is 2.25. The summed E-state index contributed by atoms with van der Waals surface area (Å²) in [5.74, 6) is 0.399. The quantitative estimate of drug-likeness (QED) is 0.634. The maximum atomic E-state index is 12.1. The molecule has 8 heteroatoms. The number of hydrogen-bond acceptors (Lipinski definition) is 5. The van der Waals surface area contributed by atoms with Crippen LogP contribution in [0.5, 0.6) is 0 Å². The number of nitro groups is 1. The van der Waals surface area contributed by atoms with Gasteiger partial charge in [0, 0.05) is 19.1 Å². The summed E-state index contributed by atoms with van der Waals surface area (Å²) < 4.78 is 1.30. The predicted molar refractivity (Wildman–Crippen MR) is 71.8 cm³/mol. The molecule has 1 aromatic heterocycles. The van der Waals surface area contributed by atoms with Crippen molar-refractivity contribution in [3.8, 4) is 0 Å². The molecule has 1 atom stereocenters. The van der Waals surface area contributed by atoms with Gasteiger partial charge >= 0.3 is 5.69 Å². The molecule has 2 rings (SSSR count). The Labute approximate surface area is 116 Å². The largest absolute Gasteiger partial charge is 0.341 e. The fourth-order valence-corrected chi connectivity index (χ4v) is 2.45. The van der Waals surface area contributed by atoms with Crippen LogP contribution in [0.1, 0.15) is 19.8 Å². The van der Waals surface area contributed by atoms with Gasteiger partial charge in [-0.05, 0) is 25.7 Å². The summed E-state index contributed by atoms with van der Waals surface area (Å²) in [6.07, 6.45) is 4.23. The molecule has 1 aromatic rings. The Kier molecular flexibility index (Phi) is 4.33. The Morgan fingerprint density at radius 1 is 1.60 bits per heavy atom. The number of nitrogens with zero attached hydrogens (tertiary/aromatic N) is 4. The normalized spacial score (nSPS) is 18.0. The van der Waals surface area contributed by atoms with Gasteiger partial charge < -0.3 is 10.6 Å². The molecular formula is C12H19N5O3. The molecule has 1 aliphatic rings. The van der Waals surface area contributed by atoms with E-state index in [-0.39, 0.29) is 24.2 Å². The molecule has 0 bridgehead atoms. The van der Waals surface area contributed by atoms with Gasteiger partial charge in [0.2, 0.25) is 5.91 Å². The second kappa shape index (κ2) is 6.00. The second-order valence-electron chi connectivity index (χ2n) is 5.23. The van der Waals surface area contributed by atoms with Gasteiger partial charge in [0.25, 0.3) is 0 Å². The summed E-state index contributed by atoms with van der Waals surface area (Å²) in [6.45, 7) is 3.41. The van der Waals surface area contributed by atoms with Gasteiger partial charge in [-0.25, -0.2) is 0 Å². The van der Waals surface area contributed by atoms with Crippen molar-refractivity contribution in [1.29, 1.82) is 0 Å². The standard InChI is InChI=1S/C12H19N5O3/c1-9(13)10-2-4-15(5-3-10)12(18)8-16-7-11(6-14-16)17(19)20/h6-7,9-10H,2-5,8,13H2,1H3. The molecule has 20 heavy (non-hydrogen) atoms. The van der Waals surface area contributed by atoms with E-state index < -0.39 is 4.92 Å². The molecule has 2 N–H and O–H groups in total. The number of nitrogens with two attached hydrogens (primary N) is 1. The van der Waals surface area contributed by atoms with Gasteiger partial charge in [-0.3, -0.25) is 19.6 Å². The van der Waals surface area contributed by atoms with Gasteiger partial charge in [-0.15, -0.1) is 0 Å². The van der Waals surface area contributed by atoms with Crippen LogP contribution >= 0.6 is 0 Å². The summed E-state index contributed by atoms with van der Waals surface area (Å²) >= 11 is 0. The minimum Gasteiger partial charge on any atom is -0.341 e. The van der Waals surface area contributed by atoms with Crippen LogP contribution in [0.3, 0.4) is 0 Å². The monoisotopic (exact) mass is 281 g/mol. The number of likely N-dealkylation sites (tertiary alicyclic amines) is 1. The zero-order chi connectivity index (χ0) is 14.7. The van der Waals surface area contributed by atoms with Crippen molar-refractivity contribution in [2.75, 3.05) is 13.1 Å². The first-order valence-electron chi connectivity index (χ1n) is 6.67. The van der Waals surface area contributed by atoms with Crippen molar-refractivity contribution < 1.29 is 9.72 Å². The first-order chi connectivity index (χ1) is 9.47. The summed E-state index contributed by atoms with van der Waals surface area (Å²) in [4.78, 5) is 23.9. The molecule has 8 nitrogen and oxygen atoms in total. The molecular weight excluding hydrogens is 262 g/mol. The molecule has 0 saturated carbocycles. The van der Waals surface area contributed by atoms with E-state index in [4.69, 9.17) is 5.73 Å². The van der Waals surface area contributed by atoms with E-state index in [1.807, 2.05) is 6.92 Å². The van der Waals surface area contributed by atoms with Gasteiger partial charge in [-0.2, -0.15) is 5.10 Å². The number of carbonyl (C=O) groups excluding carboxylic acids is 1. The summed E-state index contributed by atoms with van der Waals surface area (Å²) in [6, 6.07) is 0.154. The van der Waals surface area contributed by atoms with Crippen molar-refractivity contribution in [3.05, 3.63) is 22.5 Å². The van der Waals surface area contributed by atoms with Gasteiger partial charge in [0.15, 0.2) is 0 Å². The van der Waals surface area contributed by atoms with E-state index in [1.165, 1.54) is 10.9 Å². The maximum Gasteiger partial charge on any atom is 0.307 e. The van der Waals surface area contributed by atoms with E-state index in [9.17, 15) is 14.9 Å². The Hall–Kier alpha value is -1.96. The highest BCUT2D eigenvalue weighted by Crippen LogP contribution is 2.19. The fourth-order valence-electron chi connectivity index (χ4n) is 2.45. The Morgan fingerprint density at radius 2 is 2.25 bits per heavy atom. The zero-order valence-electron chi connectivity index (χ0n) is 11.4. The van der Waals surface area contributed by atoms with Crippen molar-refractivity contribution in [3.63, 3.8) is 0 Å². The molecule has 0 spiro atoms. The highest BCUT2D eigenvalue weighted by atomic mass is 16.6. The number of carbonyl (C=O) groups is 1. The molecule has 0 aromatic carbocycles. The molecule has 1 unspecified atom stereocenters. The van der Waals surface area contributed by atoms with Crippen molar-refractivity contribution in [2.45, 2.75) is 32.4 Å². The third-order valence-corrected chi connectivity index (χ3v) is 3.76. The number of hydrogen-bond donors (Lipinski definition) is 1. The van der Waals surface area contributed by atoms with Crippen LogP contribution in [0.4, 0.5) is 5.69 Å². The maximum absolute atomic E-state index is 12.1. The van der Waals surface area contributed by atoms with Crippen LogP contribution in [0.2, 0.25) is 0 Å². The Morgan fingerprint density at radius 3 is 2.75 bits per heavy atom. The lowest BCUT2D eigenvalue weighted by atomic mass is 9.91. The summed E-state index contributed by atoms with van der Waals surface area (Å²) in [5.41, 5.74) is 5.76. The number of aromatic nitrogens is 2. The lowest BCUT2D eigenvalue weighted by Crippen LogP contribution is -2.43. The Bertz CT molecular complexity index is 491. The lowest BCUT2D eigenvalue weighted by molar-refractivity contribution is -0.385. The van der Waals surface area contributed by atoms with Crippen LogP contribution < -0.4 is 5.73 Å². The zero-order valence-corrected chi connectivity index (χ0v) is 11.4. The van der Waals surface area contributed by atoms with Crippen LogP contribution in [0.15, 0.2) is 12.4 Å². The third kappa shape index (κ3) is 3.32. The molecule has 0 radical (unpaired) electrons. The number of piperidine rings is 1. The van der Waals surface area contributed by atoms with E-state index in [1.54, 1.807) is 4.90 Å². The van der Waals surface area contributed by atoms with Crippen LogP contribution in [0.25, 0.3) is 0 Å². The molecule has 1 aliphatic heterocycles. The molecule has 0 aliphatic carbocycles. The average molecular weight is 281 g/mol. The van der Waals surface area contributed by atoms with E-state index in [0.717, 1.165) is 19.0 Å². The fraction of sp³-hybridized carbons (Fsp3) is 0.667. The molecule has 1 saturated heterocycles. The smallest absolute Gasteiger partial charge is 0.307 e. The van der Waals surface area contributed by atoms with Crippen LogP contribution in [-0.4, -0.2) is 44.6 Å². The molecule has 1 fully saturated rings. The van der Waals surface area contributed by atoms with Crippen molar-refractivity contribution >= 4 is 11.6 Å². The topological polar surface area (TPSA) is 107 Å². The lowest BCUT2D eigenvalue weighted by Gasteiger charge is -2.33. The van der Waals surface area contributed by atoms with Crippen LogP contribution in [-0.2, 0) is 11.3 Å². The van der Waals surface area contributed by atoms with E-state index >= 15 is 0 Å². The molecule has 2 heterocycles. The first kappa shape index (κ1) is 14.4. The van der Waals surface area contributed by atoms with Gasteiger partial charge in [0.1, 0.15) is 18.9 Å². The highest BCUT2D eigenvalue weighted by molar-refractivity contribution is 5.76. The number of amides is 1. The van der Waals surface area contributed by atoms with Gasteiger partial charge in [-0.1, -0.05) is 0 Å². The summed E-state index contributed by atoms with van der Waals surface area (Å²) in [5, 5.41) is 14.4. The SMILES string of the molecule is CC(N)C1CCN(C(=O)Cn2cc([N+](=O)[O-])cn2)CC1. The van der Waals surface area contributed by atoms with Crippen LogP contribution in [0, 0.1) is 16.0 Å². The van der Waals surface area contributed by atoms with Crippen molar-refractivity contribution in [2.24, 2.45) is 11.7 Å². The average Bonchev–Trinajstić information content (AvgIpc) is 2.87.